The lowest BCUT2D eigenvalue weighted by Crippen LogP contribution is -2.45. The van der Waals surface area contributed by atoms with Crippen LogP contribution in [0.3, 0.4) is 0 Å². The van der Waals surface area contributed by atoms with E-state index >= 15 is 0 Å². The predicted octanol–water partition coefficient (Wildman–Crippen LogP) is 2.98. The lowest BCUT2D eigenvalue weighted by molar-refractivity contribution is -0.113. The normalized spacial score (nSPS) is 15.9. The van der Waals surface area contributed by atoms with E-state index in [1.807, 2.05) is 0 Å². The molecule has 2 aromatic rings. The molecule has 8 nitrogen and oxygen atoms in total. The summed E-state index contributed by atoms with van der Waals surface area (Å²) in [6.45, 7) is 1.69. The maximum atomic E-state index is 13.1. The van der Waals surface area contributed by atoms with Gasteiger partial charge in [-0.15, -0.1) is 0 Å². The number of amides is 3. The molecule has 0 aliphatic carbocycles. The van der Waals surface area contributed by atoms with Crippen molar-refractivity contribution in [2.75, 3.05) is 26.6 Å². The highest BCUT2D eigenvalue weighted by atomic mass is 16.5. The molecule has 0 saturated heterocycles. The van der Waals surface area contributed by atoms with E-state index in [1.165, 1.54) is 7.11 Å². The highest BCUT2D eigenvalue weighted by Gasteiger charge is 2.31. The fourth-order valence-corrected chi connectivity index (χ4v) is 3.18. The Labute approximate surface area is 168 Å². The first-order chi connectivity index (χ1) is 14.0. The van der Waals surface area contributed by atoms with Crippen molar-refractivity contribution in [3.05, 3.63) is 59.3 Å². The third kappa shape index (κ3) is 4.26. The van der Waals surface area contributed by atoms with Crippen LogP contribution in [0.1, 0.15) is 18.5 Å². The second-order valence-electron chi connectivity index (χ2n) is 6.37. The summed E-state index contributed by atoms with van der Waals surface area (Å²) in [4.78, 5) is 25.2. The number of anilines is 1. The van der Waals surface area contributed by atoms with E-state index in [1.54, 1.807) is 63.6 Å². The zero-order valence-corrected chi connectivity index (χ0v) is 16.7. The van der Waals surface area contributed by atoms with Crippen LogP contribution in [-0.2, 0) is 4.79 Å². The summed E-state index contributed by atoms with van der Waals surface area (Å²) < 4.78 is 15.8. The average molecular weight is 397 g/mol. The highest BCUT2D eigenvalue weighted by Crippen LogP contribution is 2.34. The first-order valence-electron chi connectivity index (χ1n) is 8.92. The second-order valence-corrected chi connectivity index (χ2v) is 6.37. The van der Waals surface area contributed by atoms with Gasteiger partial charge in [0.2, 0.25) is 0 Å². The summed E-state index contributed by atoms with van der Waals surface area (Å²) in [7, 11) is 4.63. The number of hydrogen-bond acceptors (Lipinski definition) is 5. The third-order valence-electron chi connectivity index (χ3n) is 4.58. The molecule has 0 bridgehead atoms. The number of carbonyl (C=O) groups is 2. The van der Waals surface area contributed by atoms with Crippen LogP contribution in [0.2, 0.25) is 0 Å². The molecular weight excluding hydrogens is 374 g/mol. The van der Waals surface area contributed by atoms with Crippen molar-refractivity contribution in [3.8, 4) is 17.2 Å². The van der Waals surface area contributed by atoms with E-state index in [0.717, 1.165) is 0 Å². The quantitative estimate of drug-likeness (QED) is 0.696. The molecular formula is C21H23N3O5. The molecule has 0 aromatic heterocycles. The van der Waals surface area contributed by atoms with Gasteiger partial charge in [-0.2, -0.15) is 0 Å². The molecule has 0 fully saturated rings. The zero-order chi connectivity index (χ0) is 21.0. The molecule has 3 amide bonds. The predicted molar refractivity (Wildman–Crippen MR) is 108 cm³/mol. The molecule has 3 rings (SSSR count). The van der Waals surface area contributed by atoms with Crippen molar-refractivity contribution in [1.29, 1.82) is 0 Å². The molecule has 0 saturated carbocycles. The van der Waals surface area contributed by atoms with E-state index < -0.39 is 6.04 Å². The van der Waals surface area contributed by atoms with E-state index in [4.69, 9.17) is 14.2 Å². The van der Waals surface area contributed by atoms with Crippen LogP contribution in [-0.4, -0.2) is 33.3 Å². The van der Waals surface area contributed by atoms with Crippen LogP contribution < -0.4 is 30.2 Å². The summed E-state index contributed by atoms with van der Waals surface area (Å²) in [5, 5.41) is 8.32. The van der Waals surface area contributed by atoms with Gasteiger partial charge in [-0.3, -0.25) is 4.79 Å². The molecule has 152 valence electrons. The summed E-state index contributed by atoms with van der Waals surface area (Å²) >= 11 is 0. The van der Waals surface area contributed by atoms with Crippen molar-refractivity contribution in [1.82, 2.24) is 10.6 Å². The Bertz CT molecular complexity index is 971. The molecule has 0 spiro atoms. The highest BCUT2D eigenvalue weighted by molar-refractivity contribution is 6.06. The largest absolute Gasteiger partial charge is 0.497 e. The van der Waals surface area contributed by atoms with Gasteiger partial charge in [-0.25, -0.2) is 4.79 Å². The fourth-order valence-electron chi connectivity index (χ4n) is 3.18. The lowest BCUT2D eigenvalue weighted by atomic mass is 9.94. The average Bonchev–Trinajstić information content (AvgIpc) is 2.72. The Morgan fingerprint density at radius 3 is 2.45 bits per heavy atom. The SMILES string of the molecule is COc1cccc(NC(=O)C2=C(C)NC(=O)N[C@H]2c2ccc(OC)c(OC)c2)c1. The number of nitrogens with one attached hydrogen (secondary N) is 3. The first kappa shape index (κ1) is 20.1. The Morgan fingerprint density at radius 1 is 1.00 bits per heavy atom. The Hall–Kier alpha value is -3.68. The van der Waals surface area contributed by atoms with Crippen LogP contribution in [0, 0.1) is 0 Å². The second kappa shape index (κ2) is 8.55. The smallest absolute Gasteiger partial charge is 0.319 e. The summed E-state index contributed by atoms with van der Waals surface area (Å²) in [5.41, 5.74) is 2.12. The number of ether oxygens (including phenoxy) is 3. The van der Waals surface area contributed by atoms with Gasteiger partial charge in [-0.1, -0.05) is 12.1 Å². The maximum absolute atomic E-state index is 13.1. The third-order valence-corrected chi connectivity index (χ3v) is 4.58. The van der Waals surface area contributed by atoms with Gasteiger partial charge >= 0.3 is 6.03 Å². The van der Waals surface area contributed by atoms with E-state index in [9.17, 15) is 9.59 Å². The monoisotopic (exact) mass is 397 g/mol. The van der Waals surface area contributed by atoms with Gasteiger partial charge in [0.1, 0.15) is 5.75 Å². The molecule has 2 aromatic carbocycles. The van der Waals surface area contributed by atoms with Crippen LogP contribution in [0.15, 0.2) is 53.7 Å². The Morgan fingerprint density at radius 2 is 1.76 bits per heavy atom. The summed E-state index contributed by atoms with van der Waals surface area (Å²) in [5.74, 6) is 1.34. The zero-order valence-electron chi connectivity index (χ0n) is 16.7. The molecule has 1 aliphatic rings. The number of hydrogen-bond donors (Lipinski definition) is 3. The van der Waals surface area contributed by atoms with Gasteiger partial charge in [0.15, 0.2) is 11.5 Å². The maximum Gasteiger partial charge on any atom is 0.319 e. The van der Waals surface area contributed by atoms with E-state index in [0.29, 0.717) is 39.8 Å². The minimum Gasteiger partial charge on any atom is -0.497 e. The molecule has 0 unspecified atom stereocenters. The number of allylic oxidation sites excluding steroid dienone is 1. The number of carbonyl (C=O) groups excluding carboxylic acids is 2. The van der Waals surface area contributed by atoms with E-state index in [2.05, 4.69) is 16.0 Å². The van der Waals surface area contributed by atoms with Crippen molar-refractivity contribution in [2.45, 2.75) is 13.0 Å². The van der Waals surface area contributed by atoms with Gasteiger partial charge in [-0.05, 0) is 36.8 Å². The number of rotatable bonds is 6. The topological polar surface area (TPSA) is 97.9 Å². The minimum absolute atomic E-state index is 0.344. The Balaban J connectivity index is 1.96. The minimum atomic E-state index is -0.658. The standard InChI is InChI=1S/C21H23N3O5/c1-12-18(20(25)23-14-6-5-7-15(11-14)27-2)19(24-21(26)22-12)13-8-9-16(28-3)17(10-13)29-4/h5-11,19H,1-4H3,(H,23,25)(H2,22,24,26)/t19-/m0/s1. The number of benzene rings is 2. The van der Waals surface area contributed by atoms with Gasteiger partial charge in [0.25, 0.3) is 5.91 Å². The molecule has 29 heavy (non-hydrogen) atoms. The van der Waals surface area contributed by atoms with Crippen molar-refractivity contribution >= 4 is 17.6 Å². The molecule has 8 heteroatoms. The number of urea groups is 1. The first-order valence-corrected chi connectivity index (χ1v) is 8.92. The van der Waals surface area contributed by atoms with Crippen molar-refractivity contribution < 1.29 is 23.8 Å². The molecule has 0 radical (unpaired) electrons. The van der Waals surface area contributed by atoms with Gasteiger partial charge < -0.3 is 30.2 Å². The van der Waals surface area contributed by atoms with Crippen LogP contribution in [0.5, 0.6) is 17.2 Å². The fraction of sp³-hybridized carbons (Fsp3) is 0.238. The summed E-state index contributed by atoms with van der Waals surface area (Å²) in [6, 6.07) is 11.2. The van der Waals surface area contributed by atoms with Crippen LogP contribution >= 0.6 is 0 Å². The van der Waals surface area contributed by atoms with E-state index in [-0.39, 0.29) is 11.9 Å². The molecule has 1 heterocycles. The number of methoxy groups -OCH3 is 3. The molecule has 1 atom stereocenters. The van der Waals surface area contributed by atoms with Crippen LogP contribution in [0.25, 0.3) is 0 Å². The molecule has 3 N–H and O–H groups in total. The summed E-state index contributed by atoms with van der Waals surface area (Å²) in [6.07, 6.45) is 0. The van der Waals surface area contributed by atoms with Crippen molar-refractivity contribution in [2.24, 2.45) is 0 Å². The Kier molecular flexibility index (Phi) is 5.92. The van der Waals surface area contributed by atoms with Gasteiger partial charge in [0, 0.05) is 17.5 Å². The van der Waals surface area contributed by atoms with Crippen LogP contribution in [0.4, 0.5) is 10.5 Å². The van der Waals surface area contributed by atoms with Crippen molar-refractivity contribution in [3.63, 3.8) is 0 Å². The lowest BCUT2D eigenvalue weighted by Gasteiger charge is -2.29. The molecule has 1 aliphatic heterocycles. The van der Waals surface area contributed by atoms with Gasteiger partial charge in [0.05, 0.1) is 32.9 Å².